The molecule has 0 unspecified atom stereocenters. The van der Waals surface area contributed by atoms with Crippen molar-refractivity contribution in [2.75, 3.05) is 37.4 Å². The van der Waals surface area contributed by atoms with Crippen molar-refractivity contribution in [3.63, 3.8) is 0 Å². The average Bonchev–Trinajstić information content (AvgIpc) is 2.33. The second-order valence-corrected chi connectivity index (χ2v) is 3.73. The molecule has 0 spiro atoms. The SMILES string of the molecule is CCCCOCCNc1nc(Cl)nc(NC)n1. The van der Waals surface area contributed by atoms with Gasteiger partial charge in [0.2, 0.25) is 17.2 Å². The minimum absolute atomic E-state index is 0.166. The fourth-order valence-electron chi connectivity index (χ4n) is 1.12. The van der Waals surface area contributed by atoms with E-state index in [1.165, 1.54) is 0 Å². The van der Waals surface area contributed by atoms with Crippen molar-refractivity contribution < 1.29 is 4.74 Å². The second-order valence-electron chi connectivity index (χ2n) is 3.39. The highest BCUT2D eigenvalue weighted by molar-refractivity contribution is 6.28. The summed E-state index contributed by atoms with van der Waals surface area (Å²) in [6.07, 6.45) is 2.23. The number of halogens is 1. The zero-order chi connectivity index (χ0) is 12.5. The molecule has 0 aliphatic heterocycles. The van der Waals surface area contributed by atoms with Crippen LogP contribution in [0, 0.1) is 0 Å². The number of hydrogen-bond acceptors (Lipinski definition) is 6. The van der Waals surface area contributed by atoms with Gasteiger partial charge in [0.15, 0.2) is 0 Å². The summed E-state index contributed by atoms with van der Waals surface area (Å²) in [5.41, 5.74) is 0. The van der Waals surface area contributed by atoms with E-state index in [-0.39, 0.29) is 5.28 Å². The number of hydrogen-bond donors (Lipinski definition) is 2. The summed E-state index contributed by atoms with van der Waals surface area (Å²) in [6.45, 7) is 4.19. The van der Waals surface area contributed by atoms with Gasteiger partial charge in [0, 0.05) is 20.2 Å². The van der Waals surface area contributed by atoms with E-state index in [2.05, 4.69) is 32.5 Å². The topological polar surface area (TPSA) is 72.0 Å². The second kappa shape index (κ2) is 8.03. The molecule has 17 heavy (non-hydrogen) atoms. The third kappa shape index (κ3) is 5.65. The molecule has 0 fully saturated rings. The molecule has 0 aromatic carbocycles. The summed E-state index contributed by atoms with van der Waals surface area (Å²) in [7, 11) is 1.73. The number of nitrogens with one attached hydrogen (secondary N) is 2. The molecule has 0 aliphatic carbocycles. The monoisotopic (exact) mass is 259 g/mol. The average molecular weight is 260 g/mol. The minimum atomic E-state index is 0.166. The van der Waals surface area contributed by atoms with Crippen molar-refractivity contribution in [1.82, 2.24) is 15.0 Å². The number of unbranched alkanes of at least 4 members (excludes halogenated alkanes) is 1. The Morgan fingerprint density at radius 3 is 2.65 bits per heavy atom. The Labute approximate surface area is 106 Å². The Bertz CT molecular complexity index is 336. The smallest absolute Gasteiger partial charge is 0.228 e. The van der Waals surface area contributed by atoms with Gasteiger partial charge in [-0.05, 0) is 18.0 Å². The molecule has 7 heteroatoms. The van der Waals surface area contributed by atoms with Crippen LogP contribution in [0.3, 0.4) is 0 Å². The molecule has 0 amide bonds. The van der Waals surface area contributed by atoms with Gasteiger partial charge < -0.3 is 15.4 Å². The van der Waals surface area contributed by atoms with Crippen molar-refractivity contribution in [2.24, 2.45) is 0 Å². The molecule has 0 bridgehead atoms. The van der Waals surface area contributed by atoms with Gasteiger partial charge in [0.05, 0.1) is 6.61 Å². The number of rotatable bonds is 8. The van der Waals surface area contributed by atoms with Crippen LogP contribution in [0.2, 0.25) is 5.28 Å². The van der Waals surface area contributed by atoms with Gasteiger partial charge >= 0.3 is 0 Å². The Morgan fingerprint density at radius 2 is 1.94 bits per heavy atom. The van der Waals surface area contributed by atoms with Crippen LogP contribution < -0.4 is 10.6 Å². The van der Waals surface area contributed by atoms with Gasteiger partial charge in [-0.3, -0.25) is 0 Å². The maximum atomic E-state index is 5.74. The highest BCUT2D eigenvalue weighted by Gasteiger charge is 2.02. The van der Waals surface area contributed by atoms with E-state index in [0.717, 1.165) is 19.4 Å². The van der Waals surface area contributed by atoms with Gasteiger partial charge in [0.1, 0.15) is 0 Å². The maximum Gasteiger partial charge on any atom is 0.228 e. The summed E-state index contributed by atoms with van der Waals surface area (Å²) in [4.78, 5) is 11.9. The summed E-state index contributed by atoms with van der Waals surface area (Å²) in [6, 6.07) is 0. The molecule has 1 aromatic rings. The van der Waals surface area contributed by atoms with Crippen LogP contribution in [0.4, 0.5) is 11.9 Å². The highest BCUT2D eigenvalue weighted by atomic mass is 35.5. The predicted octanol–water partition coefficient (Wildman–Crippen LogP) is 1.80. The van der Waals surface area contributed by atoms with Crippen LogP contribution in [0.25, 0.3) is 0 Å². The number of aromatic nitrogens is 3. The first kappa shape index (κ1) is 13.9. The van der Waals surface area contributed by atoms with Crippen LogP contribution in [0.1, 0.15) is 19.8 Å². The lowest BCUT2D eigenvalue weighted by Gasteiger charge is -2.06. The molecule has 96 valence electrons. The van der Waals surface area contributed by atoms with E-state index in [0.29, 0.717) is 25.0 Å². The molecule has 0 atom stereocenters. The van der Waals surface area contributed by atoms with Crippen molar-refractivity contribution in [2.45, 2.75) is 19.8 Å². The Kier molecular flexibility index (Phi) is 6.57. The Balaban J connectivity index is 2.28. The normalized spacial score (nSPS) is 10.3. The number of ether oxygens (including phenoxy) is 1. The first-order chi connectivity index (χ1) is 8.26. The third-order valence-electron chi connectivity index (χ3n) is 2.00. The van der Waals surface area contributed by atoms with Gasteiger partial charge in [-0.1, -0.05) is 13.3 Å². The van der Waals surface area contributed by atoms with Crippen LogP contribution in [-0.4, -0.2) is 41.8 Å². The van der Waals surface area contributed by atoms with Gasteiger partial charge in [-0.15, -0.1) is 0 Å². The van der Waals surface area contributed by atoms with Crippen molar-refractivity contribution in [3.8, 4) is 0 Å². The van der Waals surface area contributed by atoms with Crippen molar-refractivity contribution in [3.05, 3.63) is 5.28 Å². The van der Waals surface area contributed by atoms with Crippen LogP contribution in [-0.2, 0) is 4.74 Å². The molecule has 0 aliphatic rings. The largest absolute Gasteiger partial charge is 0.380 e. The van der Waals surface area contributed by atoms with Crippen LogP contribution in [0.15, 0.2) is 0 Å². The van der Waals surface area contributed by atoms with E-state index >= 15 is 0 Å². The molecule has 1 rings (SSSR count). The highest BCUT2D eigenvalue weighted by Crippen LogP contribution is 2.08. The van der Waals surface area contributed by atoms with Crippen LogP contribution in [0.5, 0.6) is 0 Å². The zero-order valence-electron chi connectivity index (χ0n) is 10.2. The Hall–Kier alpha value is -1.14. The molecule has 1 aromatic heterocycles. The van der Waals surface area contributed by atoms with Crippen molar-refractivity contribution in [1.29, 1.82) is 0 Å². The van der Waals surface area contributed by atoms with Gasteiger partial charge in [-0.2, -0.15) is 15.0 Å². The standard InChI is InChI=1S/C10H18ClN5O/c1-3-4-6-17-7-5-13-10-15-8(11)14-9(12-2)16-10/h3-7H2,1-2H3,(H2,12,13,14,15,16). The zero-order valence-corrected chi connectivity index (χ0v) is 10.9. The van der Waals surface area contributed by atoms with Crippen molar-refractivity contribution >= 4 is 23.5 Å². The number of anilines is 2. The van der Waals surface area contributed by atoms with Gasteiger partial charge in [0.25, 0.3) is 0 Å². The van der Waals surface area contributed by atoms with E-state index < -0.39 is 0 Å². The fourth-order valence-corrected chi connectivity index (χ4v) is 1.28. The lowest BCUT2D eigenvalue weighted by atomic mass is 10.4. The molecule has 2 N–H and O–H groups in total. The van der Waals surface area contributed by atoms with E-state index in [4.69, 9.17) is 16.3 Å². The van der Waals surface area contributed by atoms with Crippen LogP contribution >= 0.6 is 11.6 Å². The molecule has 0 saturated carbocycles. The van der Waals surface area contributed by atoms with E-state index in [1.54, 1.807) is 7.05 Å². The summed E-state index contributed by atoms with van der Waals surface area (Å²) in [5.74, 6) is 0.896. The lowest BCUT2D eigenvalue weighted by molar-refractivity contribution is 0.141. The van der Waals surface area contributed by atoms with E-state index in [1.807, 2.05) is 0 Å². The lowest BCUT2D eigenvalue weighted by Crippen LogP contribution is -2.13. The molecule has 1 heterocycles. The molecule has 6 nitrogen and oxygen atoms in total. The first-order valence-corrected chi connectivity index (χ1v) is 6.05. The Morgan fingerprint density at radius 1 is 1.18 bits per heavy atom. The first-order valence-electron chi connectivity index (χ1n) is 5.67. The molecule has 0 saturated heterocycles. The number of nitrogens with zero attached hydrogens (tertiary/aromatic N) is 3. The molecular formula is C10H18ClN5O. The predicted molar refractivity (Wildman–Crippen MR) is 68.6 cm³/mol. The minimum Gasteiger partial charge on any atom is -0.380 e. The summed E-state index contributed by atoms with van der Waals surface area (Å²) < 4.78 is 5.40. The third-order valence-corrected chi connectivity index (χ3v) is 2.17. The maximum absolute atomic E-state index is 5.74. The summed E-state index contributed by atoms with van der Waals surface area (Å²) in [5, 5.41) is 6.00. The molecule has 0 radical (unpaired) electrons. The fraction of sp³-hybridized carbons (Fsp3) is 0.700. The summed E-state index contributed by atoms with van der Waals surface area (Å²) >= 11 is 5.74. The van der Waals surface area contributed by atoms with Gasteiger partial charge in [-0.25, -0.2) is 0 Å². The molecular weight excluding hydrogens is 242 g/mol. The quantitative estimate of drug-likeness (QED) is 0.694. The van der Waals surface area contributed by atoms with E-state index in [9.17, 15) is 0 Å².